The van der Waals surface area contributed by atoms with Gasteiger partial charge in [-0.1, -0.05) is 36.7 Å². The molecule has 2 aromatic carbocycles. The number of ether oxygens (including phenoxy) is 1. The van der Waals surface area contributed by atoms with Crippen molar-refractivity contribution >= 4 is 17.3 Å². The topological polar surface area (TPSA) is 45.0 Å². The van der Waals surface area contributed by atoms with E-state index in [4.69, 9.17) is 16.3 Å². The van der Waals surface area contributed by atoms with Crippen LogP contribution in [0.4, 0.5) is 5.69 Å². The molecule has 4 heteroatoms. The first kappa shape index (κ1) is 15.2. The summed E-state index contributed by atoms with van der Waals surface area (Å²) in [6.07, 6.45) is 0.864. The largest absolute Gasteiger partial charge is 0.495 e. The van der Waals surface area contributed by atoms with Crippen LogP contribution in [0.2, 0.25) is 5.02 Å². The molecule has 0 amide bonds. The van der Waals surface area contributed by atoms with Crippen molar-refractivity contribution in [3.63, 3.8) is 0 Å². The molecule has 0 aliphatic rings. The molecule has 0 radical (unpaired) electrons. The minimum atomic E-state index is 0.0621. The van der Waals surface area contributed by atoms with Crippen molar-refractivity contribution in [1.82, 2.24) is 0 Å². The molecule has 1 atom stereocenters. The van der Waals surface area contributed by atoms with E-state index in [0.29, 0.717) is 22.0 Å². The molecule has 0 heterocycles. The fraction of sp³-hybridized carbons (Fsp3) is 0.235. The Hall–Kier alpha value is -2.18. The van der Waals surface area contributed by atoms with Crippen molar-refractivity contribution in [2.45, 2.75) is 19.4 Å². The Morgan fingerprint density at radius 1 is 1.29 bits per heavy atom. The fourth-order valence-corrected chi connectivity index (χ4v) is 2.46. The maximum absolute atomic E-state index is 9.27. The number of halogens is 1. The van der Waals surface area contributed by atoms with Crippen LogP contribution >= 0.6 is 11.6 Å². The van der Waals surface area contributed by atoms with Gasteiger partial charge in [-0.2, -0.15) is 5.26 Å². The van der Waals surface area contributed by atoms with Crippen LogP contribution in [0.1, 0.15) is 30.5 Å². The van der Waals surface area contributed by atoms with Crippen molar-refractivity contribution in [3.05, 3.63) is 58.6 Å². The lowest BCUT2D eigenvalue weighted by Gasteiger charge is -2.21. The van der Waals surface area contributed by atoms with Crippen molar-refractivity contribution in [3.8, 4) is 11.8 Å². The molecule has 2 aromatic rings. The fourth-order valence-electron chi connectivity index (χ4n) is 2.26. The highest BCUT2D eigenvalue weighted by molar-refractivity contribution is 6.30. The summed E-state index contributed by atoms with van der Waals surface area (Å²) in [6, 6.07) is 15.4. The summed E-state index contributed by atoms with van der Waals surface area (Å²) in [4.78, 5) is 0. The molecule has 0 bridgehead atoms. The summed E-state index contributed by atoms with van der Waals surface area (Å²) in [5.74, 6) is 0.662. The third-order valence-corrected chi connectivity index (χ3v) is 3.58. The van der Waals surface area contributed by atoms with Gasteiger partial charge in [0, 0.05) is 5.02 Å². The van der Waals surface area contributed by atoms with Gasteiger partial charge < -0.3 is 10.1 Å². The molecule has 0 saturated carbocycles. The van der Waals surface area contributed by atoms with E-state index in [1.54, 1.807) is 13.2 Å². The lowest BCUT2D eigenvalue weighted by molar-refractivity contribution is 0.415. The Balaban J connectivity index is 2.37. The predicted octanol–water partition coefficient (Wildman–Crippen LogP) is 4.78. The van der Waals surface area contributed by atoms with E-state index in [0.717, 1.165) is 12.0 Å². The first-order chi connectivity index (χ1) is 10.2. The van der Waals surface area contributed by atoms with Crippen LogP contribution < -0.4 is 10.1 Å². The van der Waals surface area contributed by atoms with E-state index in [2.05, 4.69) is 18.3 Å². The molecular formula is C17H17ClN2O. The minimum Gasteiger partial charge on any atom is -0.495 e. The average Bonchev–Trinajstić information content (AvgIpc) is 2.52. The van der Waals surface area contributed by atoms with E-state index in [1.807, 2.05) is 36.4 Å². The second kappa shape index (κ2) is 7.01. The van der Waals surface area contributed by atoms with Gasteiger partial charge in [-0.05, 0) is 36.2 Å². The summed E-state index contributed by atoms with van der Waals surface area (Å²) < 4.78 is 5.35. The molecule has 2 rings (SSSR count). The summed E-state index contributed by atoms with van der Waals surface area (Å²) in [7, 11) is 1.60. The molecule has 0 aliphatic heterocycles. The number of hydrogen-bond donors (Lipinski definition) is 1. The van der Waals surface area contributed by atoms with Crippen LogP contribution in [-0.2, 0) is 0 Å². The van der Waals surface area contributed by atoms with E-state index < -0.39 is 0 Å². The normalized spacial score (nSPS) is 11.5. The quantitative estimate of drug-likeness (QED) is 0.864. The number of nitrogens with zero attached hydrogens (tertiary/aromatic N) is 1. The van der Waals surface area contributed by atoms with Crippen LogP contribution in [0.15, 0.2) is 42.5 Å². The first-order valence-electron chi connectivity index (χ1n) is 6.78. The lowest BCUT2D eigenvalue weighted by atomic mass is 10.0. The smallest absolute Gasteiger partial charge is 0.143 e. The van der Waals surface area contributed by atoms with Crippen molar-refractivity contribution in [2.75, 3.05) is 12.4 Å². The Bertz CT molecular complexity index is 664. The monoisotopic (exact) mass is 300 g/mol. The van der Waals surface area contributed by atoms with Crippen LogP contribution in [0.3, 0.4) is 0 Å². The van der Waals surface area contributed by atoms with Crippen molar-refractivity contribution < 1.29 is 4.74 Å². The Morgan fingerprint density at radius 2 is 2.05 bits per heavy atom. The van der Waals surface area contributed by atoms with E-state index in [-0.39, 0.29) is 6.04 Å². The second-order valence-corrected chi connectivity index (χ2v) is 5.09. The molecule has 21 heavy (non-hydrogen) atoms. The van der Waals surface area contributed by atoms with Gasteiger partial charge in [-0.3, -0.25) is 0 Å². The molecule has 1 N–H and O–H groups in total. The van der Waals surface area contributed by atoms with Gasteiger partial charge in [-0.25, -0.2) is 0 Å². The number of nitriles is 1. The molecule has 0 saturated heterocycles. The zero-order valence-corrected chi connectivity index (χ0v) is 12.8. The molecule has 1 unspecified atom stereocenters. The van der Waals surface area contributed by atoms with Crippen molar-refractivity contribution in [1.29, 1.82) is 5.26 Å². The minimum absolute atomic E-state index is 0.0621. The molecule has 3 nitrogen and oxygen atoms in total. The van der Waals surface area contributed by atoms with E-state index in [1.165, 1.54) is 0 Å². The highest BCUT2D eigenvalue weighted by Gasteiger charge is 2.15. The van der Waals surface area contributed by atoms with Gasteiger partial charge in [0.1, 0.15) is 11.8 Å². The number of benzene rings is 2. The highest BCUT2D eigenvalue weighted by atomic mass is 35.5. The number of nitrogens with one attached hydrogen (secondary N) is 1. The maximum Gasteiger partial charge on any atom is 0.143 e. The van der Waals surface area contributed by atoms with Crippen LogP contribution in [-0.4, -0.2) is 7.11 Å². The summed E-state index contributed by atoms with van der Waals surface area (Å²) >= 11 is 6.06. The first-order valence-corrected chi connectivity index (χ1v) is 7.16. The van der Waals surface area contributed by atoms with Gasteiger partial charge >= 0.3 is 0 Å². The summed E-state index contributed by atoms with van der Waals surface area (Å²) in [5, 5.41) is 13.4. The number of rotatable bonds is 5. The zero-order valence-electron chi connectivity index (χ0n) is 12.1. The van der Waals surface area contributed by atoms with Gasteiger partial charge in [0.25, 0.3) is 0 Å². The Labute approximate surface area is 130 Å². The molecule has 0 aliphatic carbocycles. The number of methoxy groups -OCH3 is 1. The SMILES string of the molecule is CCC(Nc1c(C#N)cccc1OC)c1cccc(Cl)c1. The summed E-state index contributed by atoms with van der Waals surface area (Å²) in [5.41, 5.74) is 2.36. The highest BCUT2D eigenvalue weighted by Crippen LogP contribution is 2.33. The lowest BCUT2D eigenvalue weighted by Crippen LogP contribution is -2.11. The Morgan fingerprint density at radius 3 is 2.67 bits per heavy atom. The summed E-state index contributed by atoms with van der Waals surface area (Å²) in [6.45, 7) is 2.08. The zero-order chi connectivity index (χ0) is 15.2. The van der Waals surface area contributed by atoms with Gasteiger partial charge in [0.05, 0.1) is 24.4 Å². The van der Waals surface area contributed by atoms with E-state index >= 15 is 0 Å². The number of anilines is 1. The van der Waals surface area contributed by atoms with Crippen molar-refractivity contribution in [2.24, 2.45) is 0 Å². The number of hydrogen-bond acceptors (Lipinski definition) is 3. The van der Waals surface area contributed by atoms with Crippen LogP contribution in [0.25, 0.3) is 0 Å². The maximum atomic E-state index is 9.27. The average molecular weight is 301 g/mol. The standard InChI is InChI=1S/C17H17ClN2O/c1-3-15(12-6-4-8-14(18)10-12)20-17-13(11-19)7-5-9-16(17)21-2/h4-10,15,20H,3H2,1-2H3. The Kier molecular flexibility index (Phi) is 5.08. The third-order valence-electron chi connectivity index (χ3n) is 3.34. The second-order valence-electron chi connectivity index (χ2n) is 4.65. The van der Waals surface area contributed by atoms with E-state index in [9.17, 15) is 5.26 Å². The molecule has 0 spiro atoms. The van der Waals surface area contributed by atoms with Crippen LogP contribution in [0, 0.1) is 11.3 Å². The molecule has 0 aromatic heterocycles. The van der Waals surface area contributed by atoms with Crippen LogP contribution in [0.5, 0.6) is 5.75 Å². The molecule has 108 valence electrons. The van der Waals surface area contributed by atoms with Gasteiger partial charge in [0.15, 0.2) is 0 Å². The number of para-hydroxylation sites is 1. The predicted molar refractivity (Wildman–Crippen MR) is 85.8 cm³/mol. The third kappa shape index (κ3) is 3.48. The molecular weight excluding hydrogens is 284 g/mol. The molecule has 0 fully saturated rings. The van der Waals surface area contributed by atoms with Gasteiger partial charge in [0.2, 0.25) is 0 Å². The van der Waals surface area contributed by atoms with Gasteiger partial charge in [-0.15, -0.1) is 0 Å².